The first kappa shape index (κ1) is 22.9. The van der Waals surface area contributed by atoms with Gasteiger partial charge < -0.3 is 14.2 Å². The Kier molecular flexibility index (Phi) is 5.95. The van der Waals surface area contributed by atoms with Crippen LogP contribution in [0.1, 0.15) is 17.0 Å². The van der Waals surface area contributed by atoms with E-state index in [0.29, 0.717) is 36.1 Å². The van der Waals surface area contributed by atoms with Gasteiger partial charge in [0.25, 0.3) is 5.56 Å². The number of hydrogen-bond acceptors (Lipinski definition) is 6. The first-order valence-electron chi connectivity index (χ1n) is 11.0. The highest BCUT2D eigenvalue weighted by Crippen LogP contribution is 2.21. The Morgan fingerprint density at radius 2 is 1.94 bits per heavy atom. The summed E-state index contributed by atoms with van der Waals surface area (Å²) in [7, 11) is 0. The van der Waals surface area contributed by atoms with Gasteiger partial charge in [-0.25, -0.2) is 9.07 Å². The van der Waals surface area contributed by atoms with Gasteiger partial charge in [-0.05, 0) is 55.8 Å². The van der Waals surface area contributed by atoms with Gasteiger partial charge in [-0.2, -0.15) is 4.98 Å². The van der Waals surface area contributed by atoms with Gasteiger partial charge in [-0.15, -0.1) is 0 Å². The number of hydrogen-bond donors (Lipinski definition) is 2. The third-order valence-corrected chi connectivity index (χ3v) is 6.84. The quantitative estimate of drug-likeness (QED) is 0.434. The second-order valence-corrected chi connectivity index (χ2v) is 9.25. The summed E-state index contributed by atoms with van der Waals surface area (Å²) in [6.45, 7) is 5.87. The molecule has 3 aliphatic heterocycles. The van der Waals surface area contributed by atoms with E-state index in [4.69, 9.17) is 10.1 Å². The van der Waals surface area contributed by atoms with Crippen LogP contribution in [0.15, 0.2) is 35.1 Å². The van der Waals surface area contributed by atoms with E-state index in [2.05, 4.69) is 10.1 Å². The van der Waals surface area contributed by atoms with Crippen molar-refractivity contribution in [2.45, 2.75) is 13.8 Å². The summed E-state index contributed by atoms with van der Waals surface area (Å²) < 4.78 is 22.5. The van der Waals surface area contributed by atoms with Crippen molar-refractivity contribution in [3.63, 3.8) is 0 Å². The lowest BCUT2D eigenvalue weighted by atomic mass is 10.2. The van der Waals surface area contributed by atoms with E-state index in [1.165, 1.54) is 22.9 Å². The van der Waals surface area contributed by atoms with Crippen molar-refractivity contribution in [1.82, 2.24) is 24.2 Å². The smallest absolute Gasteiger partial charge is 0.283 e. The van der Waals surface area contributed by atoms with Crippen LogP contribution in [0.2, 0.25) is 0 Å². The average molecular weight is 495 g/mol. The number of morpholine rings is 1. The number of benzene rings is 1. The molecule has 0 saturated carbocycles. The molecule has 9 nitrogen and oxygen atoms in total. The molecular formula is C24H23FN6O3S. The van der Waals surface area contributed by atoms with Gasteiger partial charge >= 0.3 is 0 Å². The third kappa shape index (κ3) is 4.35. The number of halogens is 1. The van der Waals surface area contributed by atoms with Crippen LogP contribution in [-0.4, -0.2) is 56.4 Å². The molecular weight excluding hydrogens is 471 g/mol. The number of aryl methyl sites for hydroxylation is 1. The number of rotatable bonds is 3. The van der Waals surface area contributed by atoms with Crippen molar-refractivity contribution in [2.75, 3.05) is 26.3 Å². The molecule has 180 valence electrons. The van der Waals surface area contributed by atoms with Crippen molar-refractivity contribution in [3.05, 3.63) is 78.8 Å². The van der Waals surface area contributed by atoms with Crippen molar-refractivity contribution >= 4 is 29.4 Å². The highest BCUT2D eigenvalue weighted by Gasteiger charge is 2.17. The summed E-state index contributed by atoms with van der Waals surface area (Å²) in [6.07, 6.45) is 3.09. The fourth-order valence-electron chi connectivity index (χ4n) is 4.17. The van der Waals surface area contributed by atoms with E-state index in [0.717, 1.165) is 34.0 Å². The van der Waals surface area contributed by atoms with Crippen molar-refractivity contribution < 1.29 is 13.9 Å². The Balaban J connectivity index is 1.58. The second kappa shape index (κ2) is 9.08. The van der Waals surface area contributed by atoms with E-state index in [-0.39, 0.29) is 22.4 Å². The van der Waals surface area contributed by atoms with Crippen LogP contribution in [0.25, 0.3) is 23.0 Å². The van der Waals surface area contributed by atoms with Crippen molar-refractivity contribution in [1.29, 1.82) is 5.41 Å². The molecule has 11 heteroatoms. The maximum Gasteiger partial charge on any atom is 0.283 e. The predicted molar refractivity (Wildman–Crippen MR) is 129 cm³/mol. The van der Waals surface area contributed by atoms with E-state index in [9.17, 15) is 14.0 Å². The van der Waals surface area contributed by atoms with Crippen LogP contribution >= 0.6 is 11.3 Å². The maximum absolute atomic E-state index is 13.4. The van der Waals surface area contributed by atoms with Gasteiger partial charge in [-0.3, -0.25) is 20.1 Å². The predicted octanol–water partition coefficient (Wildman–Crippen LogP) is 0.554. The minimum Gasteiger partial charge on any atom is -0.378 e. The van der Waals surface area contributed by atoms with Crippen LogP contribution in [0.4, 0.5) is 4.39 Å². The Morgan fingerprint density at radius 1 is 1.23 bits per heavy atom. The first-order chi connectivity index (χ1) is 16.8. The SMILES string of the molecule is Cc1cc(/C=c2/c(=O)nc3s/c(=C/C(=O)N4CCOCC4)[nH]n-3c2=N)c(C)n1-c1ccc(F)cc1. The molecule has 1 aromatic heterocycles. The highest BCUT2D eigenvalue weighted by molar-refractivity contribution is 7.11. The standard InChI is InChI=1S/C24H23FN6O3S/c1-14-11-16(15(2)30(14)18-5-3-17(25)4-6-18)12-19-22(26)31-24(27-23(19)33)35-20(28-31)13-21(32)29-7-9-34-10-8-29/h3-6,11-13,26,28H,7-10H2,1-2H3/b19-12+,20-13+,26-22?. The summed E-state index contributed by atoms with van der Waals surface area (Å²) >= 11 is 1.13. The van der Waals surface area contributed by atoms with Gasteiger partial charge in [0.2, 0.25) is 11.0 Å². The number of H-pyrrole nitrogens is 1. The number of aromatic nitrogens is 4. The van der Waals surface area contributed by atoms with E-state index in [1.54, 1.807) is 23.1 Å². The van der Waals surface area contributed by atoms with Crippen LogP contribution in [0.3, 0.4) is 0 Å². The molecule has 2 N–H and O–H groups in total. The molecule has 0 spiro atoms. The topological polar surface area (TPSA) is 109 Å². The minimum atomic E-state index is -0.525. The number of nitrogens with zero attached hydrogens (tertiary/aromatic N) is 4. The molecule has 1 aromatic carbocycles. The van der Waals surface area contributed by atoms with Crippen LogP contribution < -0.4 is 20.9 Å². The zero-order chi connectivity index (χ0) is 24.7. The molecule has 3 aliphatic rings. The minimum absolute atomic E-state index is 0.0543. The fraction of sp³-hybridized carbons (Fsp3) is 0.250. The van der Waals surface area contributed by atoms with Gasteiger partial charge in [0.1, 0.15) is 10.5 Å². The Labute approximate surface area is 202 Å². The largest absolute Gasteiger partial charge is 0.378 e. The molecule has 0 unspecified atom stereocenters. The summed E-state index contributed by atoms with van der Waals surface area (Å²) in [5, 5.41) is 12.1. The third-order valence-electron chi connectivity index (χ3n) is 5.95. The van der Waals surface area contributed by atoms with Crippen molar-refractivity contribution in [2.24, 2.45) is 0 Å². The first-order valence-corrected chi connectivity index (χ1v) is 11.8. The van der Waals surface area contributed by atoms with Crippen LogP contribution in [0, 0.1) is 25.1 Å². The molecule has 0 aliphatic carbocycles. The van der Waals surface area contributed by atoms with Gasteiger partial charge in [0.05, 0.1) is 18.4 Å². The van der Waals surface area contributed by atoms with E-state index < -0.39 is 5.56 Å². The number of aromatic amines is 1. The lowest BCUT2D eigenvalue weighted by Gasteiger charge is -2.25. The number of amides is 1. The van der Waals surface area contributed by atoms with Crippen LogP contribution in [-0.2, 0) is 9.53 Å². The number of carbonyl (C=O) groups excluding carboxylic acids is 1. The van der Waals surface area contributed by atoms with Crippen molar-refractivity contribution in [3.8, 4) is 10.8 Å². The highest BCUT2D eigenvalue weighted by atomic mass is 32.1. The Bertz CT molecular complexity index is 1620. The Morgan fingerprint density at radius 3 is 2.66 bits per heavy atom. The zero-order valence-corrected chi connectivity index (χ0v) is 20.0. The molecule has 0 bridgehead atoms. The number of carbonyl (C=O) groups is 1. The van der Waals surface area contributed by atoms with Crippen LogP contribution in [0.5, 0.6) is 0 Å². The number of ether oxygens (including phenoxy) is 1. The molecule has 2 aromatic rings. The molecule has 5 rings (SSSR count). The molecule has 1 saturated heterocycles. The molecule has 0 atom stereocenters. The monoisotopic (exact) mass is 494 g/mol. The number of fused-ring (bicyclic) bond motifs is 1. The summed E-state index contributed by atoms with van der Waals surface area (Å²) in [5.74, 6) is -0.477. The zero-order valence-electron chi connectivity index (χ0n) is 19.2. The fourth-order valence-corrected chi connectivity index (χ4v) is 5.02. The van der Waals surface area contributed by atoms with Gasteiger partial charge in [0.15, 0.2) is 5.49 Å². The normalized spacial score (nSPS) is 15.3. The Hall–Kier alpha value is -3.83. The lowest BCUT2D eigenvalue weighted by molar-refractivity contribution is -0.128. The summed E-state index contributed by atoms with van der Waals surface area (Å²) in [4.78, 5) is 31.2. The van der Waals surface area contributed by atoms with E-state index in [1.807, 2.05) is 24.5 Å². The van der Waals surface area contributed by atoms with E-state index >= 15 is 0 Å². The summed E-state index contributed by atoms with van der Waals surface area (Å²) in [5.41, 5.74) is 2.72. The molecule has 35 heavy (non-hydrogen) atoms. The lowest BCUT2D eigenvalue weighted by Crippen LogP contribution is -2.47. The summed E-state index contributed by atoms with van der Waals surface area (Å²) in [6, 6.07) is 8.08. The molecule has 1 amide bonds. The number of nitrogens with one attached hydrogen (secondary N) is 2. The average Bonchev–Trinajstić information content (AvgIpc) is 3.37. The second-order valence-electron chi connectivity index (χ2n) is 8.24. The molecule has 1 fully saturated rings. The van der Waals surface area contributed by atoms with Gasteiger partial charge in [0, 0.05) is 36.2 Å². The van der Waals surface area contributed by atoms with Gasteiger partial charge in [-0.1, -0.05) is 11.3 Å². The maximum atomic E-state index is 13.4. The molecule has 4 heterocycles. The molecule has 0 radical (unpaired) electrons.